The Bertz CT molecular complexity index is 762. The van der Waals surface area contributed by atoms with Crippen molar-refractivity contribution in [2.75, 3.05) is 42.9 Å². The molecule has 8 heteroatoms. The van der Waals surface area contributed by atoms with E-state index in [0.717, 1.165) is 32.7 Å². The van der Waals surface area contributed by atoms with Gasteiger partial charge < -0.3 is 15.1 Å². The van der Waals surface area contributed by atoms with Crippen molar-refractivity contribution in [2.24, 2.45) is 0 Å². The highest BCUT2D eigenvalue weighted by atomic mass is 35.5. The van der Waals surface area contributed by atoms with Gasteiger partial charge in [0.25, 0.3) is 5.91 Å². The lowest BCUT2D eigenvalue weighted by Crippen LogP contribution is -2.46. The van der Waals surface area contributed by atoms with Crippen LogP contribution in [0.1, 0.15) is 17.4 Å². The summed E-state index contributed by atoms with van der Waals surface area (Å²) in [6, 6.07) is 6.67. The highest BCUT2D eigenvalue weighted by Gasteiger charge is 2.19. The number of likely N-dealkylation sites (N-methyl/N-ethyl adjacent to an activating group) is 1. The van der Waals surface area contributed by atoms with Crippen LogP contribution in [0, 0.1) is 0 Å². The van der Waals surface area contributed by atoms with Crippen molar-refractivity contribution < 1.29 is 4.79 Å². The second-order valence-corrected chi connectivity index (χ2v) is 6.50. The molecule has 0 aliphatic carbocycles. The van der Waals surface area contributed by atoms with E-state index in [0.29, 0.717) is 27.4 Å². The Morgan fingerprint density at radius 3 is 2.68 bits per heavy atom. The Kier molecular flexibility index (Phi) is 5.73. The summed E-state index contributed by atoms with van der Waals surface area (Å²) >= 11 is 12.1. The molecule has 0 bridgehead atoms. The van der Waals surface area contributed by atoms with Gasteiger partial charge in [0.05, 0.1) is 15.7 Å². The Labute approximate surface area is 156 Å². The van der Waals surface area contributed by atoms with E-state index >= 15 is 0 Å². The first-order chi connectivity index (χ1) is 12.1. The Morgan fingerprint density at radius 2 is 1.96 bits per heavy atom. The summed E-state index contributed by atoms with van der Waals surface area (Å²) in [5.41, 5.74) is 0.745. The van der Waals surface area contributed by atoms with Crippen molar-refractivity contribution in [3.8, 4) is 0 Å². The number of rotatable bonds is 4. The maximum absolute atomic E-state index is 12.5. The fourth-order valence-electron chi connectivity index (χ4n) is 2.68. The van der Waals surface area contributed by atoms with Crippen molar-refractivity contribution >= 4 is 40.7 Å². The quantitative estimate of drug-likeness (QED) is 0.883. The van der Waals surface area contributed by atoms with Crippen molar-refractivity contribution in [2.45, 2.75) is 6.92 Å². The van der Waals surface area contributed by atoms with Gasteiger partial charge in [0, 0.05) is 32.4 Å². The number of piperazine rings is 1. The van der Waals surface area contributed by atoms with E-state index in [4.69, 9.17) is 23.2 Å². The van der Waals surface area contributed by atoms with Crippen LogP contribution in [0.4, 0.5) is 11.6 Å². The number of anilines is 2. The average Bonchev–Trinajstić information content (AvgIpc) is 2.65. The fourth-order valence-corrected chi connectivity index (χ4v) is 3.03. The van der Waals surface area contributed by atoms with Gasteiger partial charge in [0.2, 0.25) is 5.95 Å². The van der Waals surface area contributed by atoms with E-state index in [2.05, 4.69) is 32.0 Å². The van der Waals surface area contributed by atoms with Crippen LogP contribution in [0.25, 0.3) is 0 Å². The molecule has 6 nitrogen and oxygen atoms in total. The van der Waals surface area contributed by atoms with Crippen LogP contribution in [-0.2, 0) is 0 Å². The zero-order chi connectivity index (χ0) is 17.8. The predicted octanol–water partition coefficient (Wildman–Crippen LogP) is 3.18. The number of hydrogen-bond donors (Lipinski definition) is 1. The first-order valence-electron chi connectivity index (χ1n) is 8.14. The molecule has 1 aliphatic rings. The van der Waals surface area contributed by atoms with Crippen LogP contribution in [0.15, 0.2) is 30.5 Å². The van der Waals surface area contributed by atoms with E-state index in [-0.39, 0.29) is 5.91 Å². The maximum atomic E-state index is 12.5. The Morgan fingerprint density at radius 1 is 1.20 bits per heavy atom. The third kappa shape index (κ3) is 4.21. The van der Waals surface area contributed by atoms with E-state index in [1.807, 2.05) is 0 Å². The van der Waals surface area contributed by atoms with Crippen LogP contribution in [0.3, 0.4) is 0 Å². The van der Waals surface area contributed by atoms with Gasteiger partial charge in [-0.3, -0.25) is 4.79 Å². The number of nitrogens with one attached hydrogen (secondary N) is 1. The maximum Gasteiger partial charge on any atom is 0.274 e. The summed E-state index contributed by atoms with van der Waals surface area (Å²) < 4.78 is 0. The lowest BCUT2D eigenvalue weighted by Gasteiger charge is -2.34. The molecule has 1 aliphatic heterocycles. The molecule has 1 fully saturated rings. The van der Waals surface area contributed by atoms with Gasteiger partial charge in [-0.25, -0.2) is 9.97 Å². The van der Waals surface area contributed by atoms with Crippen LogP contribution in [0.5, 0.6) is 0 Å². The van der Waals surface area contributed by atoms with Crippen molar-refractivity contribution in [1.29, 1.82) is 0 Å². The largest absolute Gasteiger partial charge is 0.338 e. The van der Waals surface area contributed by atoms with E-state index in [9.17, 15) is 4.79 Å². The van der Waals surface area contributed by atoms with Gasteiger partial charge >= 0.3 is 0 Å². The lowest BCUT2D eigenvalue weighted by atomic mass is 10.3. The van der Waals surface area contributed by atoms with Crippen molar-refractivity contribution in [3.63, 3.8) is 0 Å². The first kappa shape index (κ1) is 17.9. The summed E-state index contributed by atoms with van der Waals surface area (Å²) in [6.45, 7) is 6.82. The number of benzene rings is 1. The number of carbonyl (C=O) groups excluding carboxylic acids is 1. The summed E-state index contributed by atoms with van der Waals surface area (Å²) in [7, 11) is 0. The molecule has 3 rings (SSSR count). The van der Waals surface area contributed by atoms with E-state index in [1.54, 1.807) is 30.5 Å². The monoisotopic (exact) mass is 379 g/mol. The predicted molar refractivity (Wildman–Crippen MR) is 101 cm³/mol. The molecule has 2 heterocycles. The number of amides is 1. The molecule has 0 radical (unpaired) electrons. The normalized spacial score (nSPS) is 15.2. The van der Waals surface area contributed by atoms with Crippen molar-refractivity contribution in [1.82, 2.24) is 14.9 Å². The first-order valence-corrected chi connectivity index (χ1v) is 8.89. The molecule has 1 amide bonds. The molecule has 1 aromatic carbocycles. The highest BCUT2D eigenvalue weighted by Crippen LogP contribution is 2.29. The summed E-state index contributed by atoms with van der Waals surface area (Å²) in [4.78, 5) is 25.7. The van der Waals surface area contributed by atoms with Gasteiger partial charge in [-0.2, -0.15) is 0 Å². The van der Waals surface area contributed by atoms with Gasteiger partial charge in [0.1, 0.15) is 5.69 Å². The minimum absolute atomic E-state index is 0.291. The summed E-state index contributed by atoms with van der Waals surface area (Å²) in [6.07, 6.45) is 1.60. The average molecular weight is 380 g/mol. The molecule has 25 heavy (non-hydrogen) atoms. The number of hydrogen-bond acceptors (Lipinski definition) is 5. The molecule has 0 saturated carbocycles. The van der Waals surface area contributed by atoms with E-state index < -0.39 is 0 Å². The summed E-state index contributed by atoms with van der Waals surface area (Å²) in [5.74, 6) is 0.223. The smallest absolute Gasteiger partial charge is 0.274 e. The molecule has 0 spiro atoms. The van der Waals surface area contributed by atoms with Gasteiger partial charge in [-0.1, -0.05) is 36.2 Å². The molecule has 1 aromatic heterocycles. The minimum Gasteiger partial charge on any atom is -0.338 e. The fraction of sp³-hybridized carbons (Fsp3) is 0.353. The zero-order valence-electron chi connectivity index (χ0n) is 13.9. The highest BCUT2D eigenvalue weighted by molar-refractivity contribution is 6.44. The minimum atomic E-state index is -0.347. The SMILES string of the molecule is CCN1CCN(c2nccc(C(=O)Nc3cccc(Cl)c3Cl)n2)CC1. The molecule has 2 aromatic rings. The van der Waals surface area contributed by atoms with Gasteiger partial charge in [-0.15, -0.1) is 0 Å². The molecule has 1 saturated heterocycles. The molecule has 1 N–H and O–H groups in total. The second-order valence-electron chi connectivity index (χ2n) is 5.72. The van der Waals surface area contributed by atoms with Crippen LogP contribution < -0.4 is 10.2 Å². The topological polar surface area (TPSA) is 61.4 Å². The lowest BCUT2D eigenvalue weighted by molar-refractivity contribution is 0.102. The van der Waals surface area contributed by atoms with Gasteiger partial charge in [0.15, 0.2) is 0 Å². The third-order valence-electron chi connectivity index (χ3n) is 4.18. The molecule has 0 atom stereocenters. The molecular weight excluding hydrogens is 361 g/mol. The Balaban J connectivity index is 1.73. The van der Waals surface area contributed by atoms with E-state index in [1.165, 1.54) is 0 Å². The molecular formula is C17H19Cl2N5O. The summed E-state index contributed by atoms with van der Waals surface area (Å²) in [5, 5.41) is 3.43. The molecule has 132 valence electrons. The molecule has 0 unspecified atom stereocenters. The van der Waals surface area contributed by atoms with Crippen molar-refractivity contribution in [3.05, 3.63) is 46.2 Å². The second kappa shape index (κ2) is 7.99. The number of carbonyl (C=O) groups is 1. The van der Waals surface area contributed by atoms with Crippen LogP contribution in [0.2, 0.25) is 10.0 Å². The third-order valence-corrected chi connectivity index (χ3v) is 5.00. The zero-order valence-corrected chi connectivity index (χ0v) is 15.4. The van der Waals surface area contributed by atoms with Gasteiger partial charge in [-0.05, 0) is 24.7 Å². The van der Waals surface area contributed by atoms with Crippen LogP contribution >= 0.6 is 23.2 Å². The number of halogens is 2. The number of nitrogens with zero attached hydrogens (tertiary/aromatic N) is 4. The Hall–Kier alpha value is -1.89. The van der Waals surface area contributed by atoms with Crippen LogP contribution in [-0.4, -0.2) is 53.5 Å². The number of aromatic nitrogens is 2. The standard InChI is InChI=1S/C17H19Cl2N5O/c1-2-23-8-10-24(11-9-23)17-20-7-6-14(22-17)16(25)21-13-5-3-4-12(18)15(13)19/h3-7H,2,8-11H2,1H3,(H,21,25).